The minimum absolute atomic E-state index is 0.182. The molecule has 1 amide bonds. The number of hydrogen-bond donors (Lipinski definition) is 1. The third-order valence-electron chi connectivity index (χ3n) is 3.95. The second-order valence-electron chi connectivity index (χ2n) is 5.86. The molecular weight excluding hydrogens is 336 g/mol. The predicted molar refractivity (Wildman–Crippen MR) is 95.0 cm³/mol. The van der Waals surface area contributed by atoms with E-state index in [1.165, 1.54) is 0 Å². The van der Waals surface area contributed by atoms with Crippen LogP contribution in [0.3, 0.4) is 0 Å². The summed E-state index contributed by atoms with van der Waals surface area (Å²) in [6.07, 6.45) is 0. The van der Waals surface area contributed by atoms with Gasteiger partial charge in [-0.3, -0.25) is 9.59 Å². The molecule has 0 aliphatic carbocycles. The van der Waals surface area contributed by atoms with Crippen molar-refractivity contribution in [2.24, 2.45) is 0 Å². The Morgan fingerprint density at radius 2 is 2.00 bits per heavy atom. The van der Waals surface area contributed by atoms with Gasteiger partial charge in [0.05, 0.1) is 17.7 Å². The van der Waals surface area contributed by atoms with Crippen molar-refractivity contribution in [3.8, 4) is 5.75 Å². The Bertz CT molecular complexity index is 989. The SMILES string of the molecule is CCOc1ccc(CNC(=O)Cn2nc(C)c3c(C)onc3c2=O)cc1. The molecule has 0 fully saturated rings. The van der Waals surface area contributed by atoms with E-state index in [0.29, 0.717) is 30.0 Å². The van der Waals surface area contributed by atoms with Crippen molar-refractivity contribution in [3.63, 3.8) is 0 Å². The number of ether oxygens (including phenoxy) is 1. The van der Waals surface area contributed by atoms with Gasteiger partial charge in [0, 0.05) is 6.54 Å². The largest absolute Gasteiger partial charge is 0.494 e. The van der Waals surface area contributed by atoms with Crippen molar-refractivity contribution in [2.75, 3.05) is 6.61 Å². The second kappa shape index (κ2) is 7.38. The fraction of sp³-hybridized carbons (Fsp3) is 0.333. The van der Waals surface area contributed by atoms with Gasteiger partial charge in [-0.2, -0.15) is 5.10 Å². The van der Waals surface area contributed by atoms with Crippen LogP contribution < -0.4 is 15.6 Å². The van der Waals surface area contributed by atoms with E-state index in [1.807, 2.05) is 31.2 Å². The standard InChI is InChI=1S/C18H20N4O4/c1-4-25-14-7-5-13(6-8-14)9-19-15(23)10-22-18(24)17-16(11(2)20-22)12(3)26-21-17/h5-8H,4,9-10H2,1-3H3,(H,19,23). The first-order chi connectivity index (χ1) is 12.5. The minimum atomic E-state index is -0.446. The lowest BCUT2D eigenvalue weighted by molar-refractivity contribution is -0.122. The Morgan fingerprint density at radius 1 is 1.27 bits per heavy atom. The minimum Gasteiger partial charge on any atom is -0.494 e. The molecule has 0 spiro atoms. The monoisotopic (exact) mass is 356 g/mol. The Kier molecular flexibility index (Phi) is 5.01. The summed E-state index contributed by atoms with van der Waals surface area (Å²) in [4.78, 5) is 24.6. The van der Waals surface area contributed by atoms with E-state index >= 15 is 0 Å². The maximum absolute atomic E-state index is 12.4. The molecule has 0 unspecified atom stereocenters. The lowest BCUT2D eigenvalue weighted by Crippen LogP contribution is -2.33. The number of fused-ring (bicyclic) bond motifs is 1. The molecule has 8 nitrogen and oxygen atoms in total. The van der Waals surface area contributed by atoms with Crippen molar-refractivity contribution >= 4 is 16.8 Å². The zero-order valence-corrected chi connectivity index (χ0v) is 14.9. The highest BCUT2D eigenvalue weighted by Crippen LogP contribution is 2.16. The molecule has 136 valence electrons. The number of hydrogen-bond acceptors (Lipinski definition) is 6. The van der Waals surface area contributed by atoms with E-state index in [4.69, 9.17) is 9.26 Å². The molecule has 0 bridgehead atoms. The van der Waals surface area contributed by atoms with Crippen molar-refractivity contribution < 1.29 is 14.1 Å². The summed E-state index contributed by atoms with van der Waals surface area (Å²) in [5.41, 5.74) is 1.27. The van der Waals surface area contributed by atoms with Gasteiger partial charge in [0.2, 0.25) is 5.91 Å². The number of nitrogens with one attached hydrogen (secondary N) is 1. The van der Waals surface area contributed by atoms with Crippen molar-refractivity contribution in [1.29, 1.82) is 0 Å². The van der Waals surface area contributed by atoms with Crippen molar-refractivity contribution in [2.45, 2.75) is 33.9 Å². The average molecular weight is 356 g/mol. The fourth-order valence-corrected chi connectivity index (χ4v) is 2.71. The molecule has 0 aliphatic heterocycles. The number of benzene rings is 1. The van der Waals surface area contributed by atoms with Gasteiger partial charge in [-0.25, -0.2) is 4.68 Å². The Morgan fingerprint density at radius 3 is 2.69 bits per heavy atom. The number of amides is 1. The average Bonchev–Trinajstić information content (AvgIpc) is 3.01. The van der Waals surface area contributed by atoms with Crippen LogP contribution >= 0.6 is 0 Å². The van der Waals surface area contributed by atoms with Crippen LogP contribution in [0.25, 0.3) is 10.9 Å². The number of carbonyl (C=O) groups excluding carboxylic acids is 1. The molecule has 3 aromatic rings. The van der Waals surface area contributed by atoms with Crippen molar-refractivity contribution in [1.82, 2.24) is 20.3 Å². The van der Waals surface area contributed by atoms with Crippen molar-refractivity contribution in [3.05, 3.63) is 51.6 Å². The lowest BCUT2D eigenvalue weighted by atomic mass is 10.2. The number of aromatic nitrogens is 3. The summed E-state index contributed by atoms with van der Waals surface area (Å²) in [5.74, 6) is 1.01. The van der Waals surface area contributed by atoms with Gasteiger partial charge in [-0.05, 0) is 38.5 Å². The van der Waals surface area contributed by atoms with Gasteiger partial charge in [-0.1, -0.05) is 17.3 Å². The number of aryl methyl sites for hydroxylation is 2. The predicted octanol–water partition coefficient (Wildman–Crippen LogP) is 1.72. The highest BCUT2D eigenvalue weighted by Gasteiger charge is 2.16. The van der Waals surface area contributed by atoms with Gasteiger partial charge in [0.1, 0.15) is 18.1 Å². The summed E-state index contributed by atoms with van der Waals surface area (Å²) in [6.45, 7) is 6.16. The van der Waals surface area contributed by atoms with Gasteiger partial charge < -0.3 is 14.6 Å². The first-order valence-corrected chi connectivity index (χ1v) is 8.31. The van der Waals surface area contributed by atoms with E-state index < -0.39 is 5.56 Å². The molecule has 0 radical (unpaired) electrons. The maximum atomic E-state index is 12.4. The van der Waals surface area contributed by atoms with Crippen LogP contribution in [-0.4, -0.2) is 27.5 Å². The Labute approximate surface area is 149 Å². The van der Waals surface area contributed by atoms with Crippen LogP contribution in [-0.2, 0) is 17.9 Å². The quantitative estimate of drug-likeness (QED) is 0.722. The summed E-state index contributed by atoms with van der Waals surface area (Å²) in [7, 11) is 0. The third-order valence-corrected chi connectivity index (χ3v) is 3.95. The summed E-state index contributed by atoms with van der Waals surface area (Å²) in [6, 6.07) is 7.45. The molecule has 0 aliphatic rings. The first-order valence-electron chi connectivity index (χ1n) is 8.31. The smallest absolute Gasteiger partial charge is 0.297 e. The molecule has 8 heteroatoms. The normalized spacial score (nSPS) is 10.9. The highest BCUT2D eigenvalue weighted by atomic mass is 16.5. The van der Waals surface area contributed by atoms with Crippen LogP contribution in [0, 0.1) is 13.8 Å². The topological polar surface area (TPSA) is 99.2 Å². The third kappa shape index (κ3) is 3.58. The van der Waals surface area contributed by atoms with E-state index in [0.717, 1.165) is 16.0 Å². The molecule has 1 aromatic carbocycles. The highest BCUT2D eigenvalue weighted by molar-refractivity contribution is 5.82. The molecule has 1 N–H and O–H groups in total. The van der Waals surface area contributed by atoms with Gasteiger partial charge >= 0.3 is 0 Å². The molecule has 3 rings (SSSR count). The van der Waals surface area contributed by atoms with E-state index in [-0.39, 0.29) is 18.0 Å². The molecule has 0 saturated carbocycles. The molecular formula is C18H20N4O4. The van der Waals surface area contributed by atoms with Crippen LogP contribution in [0.2, 0.25) is 0 Å². The lowest BCUT2D eigenvalue weighted by Gasteiger charge is -2.08. The second-order valence-corrected chi connectivity index (χ2v) is 5.86. The first kappa shape index (κ1) is 17.7. The summed E-state index contributed by atoms with van der Waals surface area (Å²) >= 11 is 0. The fourth-order valence-electron chi connectivity index (χ4n) is 2.71. The van der Waals surface area contributed by atoms with Gasteiger partial charge in [0.15, 0.2) is 5.52 Å². The number of nitrogens with zero attached hydrogens (tertiary/aromatic N) is 3. The number of carbonyl (C=O) groups is 1. The van der Waals surface area contributed by atoms with Crippen LogP contribution in [0.1, 0.15) is 23.9 Å². The molecule has 0 atom stereocenters. The molecule has 2 aromatic heterocycles. The number of rotatable bonds is 6. The summed E-state index contributed by atoms with van der Waals surface area (Å²) < 4.78 is 11.5. The van der Waals surface area contributed by atoms with Gasteiger partial charge in [-0.15, -0.1) is 0 Å². The zero-order chi connectivity index (χ0) is 18.7. The Hall–Kier alpha value is -3.16. The van der Waals surface area contributed by atoms with E-state index in [9.17, 15) is 9.59 Å². The molecule has 2 heterocycles. The van der Waals surface area contributed by atoms with Crippen LogP contribution in [0.4, 0.5) is 0 Å². The Balaban J connectivity index is 1.67. The van der Waals surface area contributed by atoms with E-state index in [2.05, 4.69) is 15.6 Å². The van der Waals surface area contributed by atoms with Crippen LogP contribution in [0.15, 0.2) is 33.6 Å². The maximum Gasteiger partial charge on any atom is 0.297 e. The molecule has 0 saturated heterocycles. The van der Waals surface area contributed by atoms with Gasteiger partial charge in [0.25, 0.3) is 5.56 Å². The zero-order valence-electron chi connectivity index (χ0n) is 14.9. The van der Waals surface area contributed by atoms with Crippen LogP contribution in [0.5, 0.6) is 5.75 Å². The molecule has 26 heavy (non-hydrogen) atoms. The summed E-state index contributed by atoms with van der Waals surface area (Å²) in [5, 5.41) is 11.3. The van der Waals surface area contributed by atoms with E-state index in [1.54, 1.807) is 13.8 Å².